The lowest BCUT2D eigenvalue weighted by Gasteiger charge is -2.19. The molecule has 0 fully saturated rings. The van der Waals surface area contributed by atoms with Crippen LogP contribution in [0.3, 0.4) is 0 Å². The van der Waals surface area contributed by atoms with Crippen molar-refractivity contribution in [1.82, 2.24) is 0 Å². The van der Waals surface area contributed by atoms with Crippen molar-refractivity contribution in [2.45, 2.75) is 119 Å². The van der Waals surface area contributed by atoms with Gasteiger partial charge in [-0.3, -0.25) is 0 Å². The zero-order valence-corrected chi connectivity index (χ0v) is 22.1. The van der Waals surface area contributed by atoms with E-state index in [-0.39, 0.29) is 11.5 Å². The quantitative estimate of drug-likeness (QED) is 0.252. The van der Waals surface area contributed by atoms with E-state index in [0.717, 1.165) is 53.4 Å². The molecule has 3 heteroatoms. The Kier molecular flexibility index (Phi) is 11.9. The minimum Gasteiger partial charge on any atom is -0.507 e. The summed E-state index contributed by atoms with van der Waals surface area (Å²) in [5.74, 6) is 2.52. The Morgan fingerprint density at radius 1 is 0.719 bits per heavy atom. The number of rotatable bonds is 14. The van der Waals surface area contributed by atoms with Crippen LogP contribution in [0.4, 0.5) is 0 Å². The Bertz CT molecular complexity index is 698. The number of hydrogen-bond donors (Lipinski definition) is 3. The van der Waals surface area contributed by atoms with Crippen molar-refractivity contribution in [2.24, 2.45) is 17.8 Å². The number of aliphatic hydroxyl groups is 1. The molecule has 3 N–H and O–H groups in total. The Hall–Kier alpha value is -1.48. The molecule has 0 aliphatic heterocycles. The lowest BCUT2D eigenvalue weighted by molar-refractivity contribution is 0.0668. The van der Waals surface area contributed by atoms with Crippen molar-refractivity contribution in [3.63, 3.8) is 0 Å². The highest BCUT2D eigenvalue weighted by Gasteiger charge is 2.15. The molecule has 0 spiro atoms. The summed E-state index contributed by atoms with van der Waals surface area (Å²) in [5, 5.41) is 30.6. The van der Waals surface area contributed by atoms with Crippen molar-refractivity contribution < 1.29 is 15.3 Å². The van der Waals surface area contributed by atoms with Gasteiger partial charge in [-0.05, 0) is 76.3 Å². The highest BCUT2D eigenvalue weighted by atomic mass is 16.3. The van der Waals surface area contributed by atoms with E-state index in [1.54, 1.807) is 0 Å². The Morgan fingerprint density at radius 2 is 1.19 bits per heavy atom. The van der Waals surface area contributed by atoms with Crippen LogP contribution >= 0.6 is 0 Å². The fourth-order valence-corrected chi connectivity index (χ4v) is 4.48. The summed E-state index contributed by atoms with van der Waals surface area (Å²) < 4.78 is 0. The smallest absolute Gasteiger partial charge is 0.126 e. The molecule has 0 radical (unpaired) electrons. The molecule has 1 aromatic carbocycles. The maximum Gasteiger partial charge on any atom is 0.126 e. The molecule has 3 atom stereocenters. The molecule has 0 aromatic heterocycles. The zero-order chi connectivity index (χ0) is 24.5. The molecule has 0 heterocycles. The second kappa shape index (κ2) is 13.3. The van der Waals surface area contributed by atoms with E-state index in [4.69, 9.17) is 0 Å². The number of benzene rings is 1. The summed E-state index contributed by atoms with van der Waals surface area (Å²) in [5.41, 5.74) is 2.46. The van der Waals surface area contributed by atoms with E-state index in [9.17, 15) is 15.3 Å². The largest absolute Gasteiger partial charge is 0.507 e. The minimum absolute atomic E-state index is 0.282. The van der Waals surface area contributed by atoms with Gasteiger partial charge in [-0.1, -0.05) is 77.9 Å². The first-order valence-corrected chi connectivity index (χ1v) is 12.8. The molecule has 0 aliphatic rings. The molecule has 1 rings (SSSR count). The maximum atomic E-state index is 10.5. The van der Waals surface area contributed by atoms with Crippen LogP contribution in [0.25, 0.3) is 6.08 Å². The van der Waals surface area contributed by atoms with E-state index >= 15 is 0 Å². The summed E-state index contributed by atoms with van der Waals surface area (Å²) in [6.45, 7) is 16.3. The fourth-order valence-electron chi connectivity index (χ4n) is 4.48. The Labute approximate surface area is 198 Å². The monoisotopic (exact) mass is 446 g/mol. The predicted molar refractivity (Wildman–Crippen MR) is 138 cm³/mol. The average Bonchev–Trinajstić information content (AvgIpc) is 2.69. The topological polar surface area (TPSA) is 60.7 Å². The standard InChI is InChI=1S/C29H50O3/c1-20(12-9-14-21(2)16-11-19-29(7,8)32)13-10-15-22(3)17-18-26-25(6)27(30)23(4)24(5)28(26)31/h17-18,20-22,30-32H,9-16,19H2,1-8H3. The molecule has 1 aromatic rings. The second-order valence-corrected chi connectivity index (χ2v) is 11.1. The van der Waals surface area contributed by atoms with E-state index in [2.05, 4.69) is 26.8 Å². The second-order valence-electron chi connectivity index (χ2n) is 11.1. The predicted octanol–water partition coefficient (Wildman–Crippen LogP) is 8.23. The fraction of sp³-hybridized carbons (Fsp3) is 0.724. The molecule has 3 unspecified atom stereocenters. The molecule has 0 bridgehead atoms. The maximum absolute atomic E-state index is 10.5. The summed E-state index contributed by atoms with van der Waals surface area (Å²) in [6.07, 6.45) is 14.9. The van der Waals surface area contributed by atoms with Gasteiger partial charge in [0, 0.05) is 11.1 Å². The molecule has 0 saturated heterocycles. The van der Waals surface area contributed by atoms with Gasteiger partial charge in [0.25, 0.3) is 0 Å². The summed E-state index contributed by atoms with van der Waals surface area (Å²) in [4.78, 5) is 0. The molecular formula is C29H50O3. The van der Waals surface area contributed by atoms with Gasteiger partial charge in [-0.15, -0.1) is 0 Å². The molecule has 0 aliphatic carbocycles. The van der Waals surface area contributed by atoms with Crippen LogP contribution < -0.4 is 0 Å². The molecule has 0 amide bonds. The average molecular weight is 447 g/mol. The first-order chi connectivity index (χ1) is 14.8. The highest BCUT2D eigenvalue weighted by Crippen LogP contribution is 2.37. The van der Waals surface area contributed by atoms with E-state index in [0.29, 0.717) is 5.92 Å². The summed E-state index contributed by atoms with van der Waals surface area (Å²) >= 11 is 0. The van der Waals surface area contributed by atoms with E-state index < -0.39 is 5.60 Å². The van der Waals surface area contributed by atoms with Gasteiger partial charge in [0.2, 0.25) is 0 Å². The number of allylic oxidation sites excluding steroid dienone is 1. The van der Waals surface area contributed by atoms with Crippen LogP contribution in [0.5, 0.6) is 11.5 Å². The molecular weight excluding hydrogens is 396 g/mol. The van der Waals surface area contributed by atoms with Crippen molar-refractivity contribution >= 4 is 6.08 Å². The first kappa shape index (κ1) is 28.6. The van der Waals surface area contributed by atoms with Crippen molar-refractivity contribution in [2.75, 3.05) is 0 Å². The number of aromatic hydroxyl groups is 2. The zero-order valence-electron chi connectivity index (χ0n) is 22.1. The van der Waals surface area contributed by atoms with Crippen molar-refractivity contribution in [1.29, 1.82) is 0 Å². The van der Waals surface area contributed by atoms with Gasteiger partial charge in [-0.2, -0.15) is 0 Å². The number of hydrogen-bond acceptors (Lipinski definition) is 3. The molecule has 3 nitrogen and oxygen atoms in total. The minimum atomic E-state index is -0.527. The highest BCUT2D eigenvalue weighted by molar-refractivity contribution is 5.68. The summed E-state index contributed by atoms with van der Waals surface area (Å²) in [7, 11) is 0. The molecule has 184 valence electrons. The van der Waals surface area contributed by atoms with E-state index in [1.165, 1.54) is 38.5 Å². The summed E-state index contributed by atoms with van der Waals surface area (Å²) in [6, 6.07) is 0. The van der Waals surface area contributed by atoms with Gasteiger partial charge in [-0.25, -0.2) is 0 Å². The van der Waals surface area contributed by atoms with Crippen LogP contribution in [0.1, 0.15) is 115 Å². The third-order valence-corrected chi connectivity index (χ3v) is 7.11. The van der Waals surface area contributed by atoms with Crippen LogP contribution in [0.15, 0.2) is 6.08 Å². The number of phenols is 2. The van der Waals surface area contributed by atoms with Crippen molar-refractivity contribution in [3.8, 4) is 11.5 Å². The lowest BCUT2D eigenvalue weighted by Crippen LogP contribution is -2.18. The van der Waals surface area contributed by atoms with Gasteiger partial charge in [0.05, 0.1) is 5.60 Å². The van der Waals surface area contributed by atoms with Crippen LogP contribution in [0, 0.1) is 38.5 Å². The van der Waals surface area contributed by atoms with Crippen LogP contribution in [-0.2, 0) is 0 Å². The van der Waals surface area contributed by atoms with Gasteiger partial charge in [0.15, 0.2) is 0 Å². The molecule has 0 saturated carbocycles. The van der Waals surface area contributed by atoms with Crippen LogP contribution in [0.2, 0.25) is 0 Å². The third-order valence-electron chi connectivity index (χ3n) is 7.11. The Morgan fingerprint density at radius 3 is 1.72 bits per heavy atom. The lowest BCUT2D eigenvalue weighted by atomic mass is 9.90. The van der Waals surface area contributed by atoms with Crippen LogP contribution in [-0.4, -0.2) is 20.9 Å². The SMILES string of the molecule is Cc1c(C)c(O)c(C=CC(C)CCCC(C)CCCC(C)CCCC(C)(C)O)c(C)c1O. The van der Waals surface area contributed by atoms with Gasteiger partial charge >= 0.3 is 0 Å². The first-order valence-electron chi connectivity index (χ1n) is 12.8. The number of phenolic OH excluding ortho intramolecular Hbond substituents is 2. The van der Waals surface area contributed by atoms with Gasteiger partial charge in [0.1, 0.15) is 11.5 Å². The normalized spacial score (nSPS) is 15.3. The van der Waals surface area contributed by atoms with E-state index in [1.807, 2.05) is 40.7 Å². The molecule has 32 heavy (non-hydrogen) atoms. The van der Waals surface area contributed by atoms with Gasteiger partial charge < -0.3 is 15.3 Å². The third kappa shape index (κ3) is 9.98. The Balaban J connectivity index is 2.33. The van der Waals surface area contributed by atoms with Crippen molar-refractivity contribution in [3.05, 3.63) is 28.3 Å².